The van der Waals surface area contributed by atoms with Gasteiger partial charge in [0.2, 0.25) is 0 Å². The minimum atomic E-state index is 1.11. The third-order valence-electron chi connectivity index (χ3n) is 3.24. The lowest BCUT2D eigenvalue weighted by Crippen LogP contribution is -2.34. The maximum atomic E-state index is 3.80. The molecule has 0 fully saturated rings. The smallest absolute Gasteiger partial charge is 0.244 e. The molecule has 1 N–H and O–H groups in total. The molecule has 1 aromatic rings. The number of imidazole rings is 1. The van der Waals surface area contributed by atoms with Gasteiger partial charge in [0.05, 0.1) is 6.54 Å². The highest BCUT2D eigenvalue weighted by atomic mass is 15.0. The summed E-state index contributed by atoms with van der Waals surface area (Å²) in [6.07, 6.45) is 17.0. The average Bonchev–Trinajstić information content (AvgIpc) is 2.80. The molecule has 1 rings (SSSR count). The molecule has 0 atom stereocenters. The molecule has 0 aliphatic carbocycles. The van der Waals surface area contributed by atoms with Crippen molar-refractivity contribution in [1.29, 1.82) is 0 Å². The van der Waals surface area contributed by atoms with Gasteiger partial charge in [0.15, 0.2) is 0 Å². The number of unbranched alkanes of at least 4 members (excludes halogenated alkanes) is 7. The molecule has 2 nitrogen and oxygen atoms in total. The molecule has 0 saturated carbocycles. The Morgan fingerprint density at radius 2 is 1.76 bits per heavy atom. The van der Waals surface area contributed by atoms with Crippen LogP contribution in [0.2, 0.25) is 0 Å². The molecule has 0 unspecified atom stereocenters. The van der Waals surface area contributed by atoms with Crippen molar-refractivity contribution >= 4 is 6.08 Å². The highest BCUT2D eigenvalue weighted by molar-refractivity contribution is 5.31. The number of hydrogen-bond donors (Lipinski definition) is 1. The highest BCUT2D eigenvalue weighted by Gasteiger charge is 2.04. The summed E-state index contributed by atoms with van der Waals surface area (Å²) in [6.45, 7) is 7.18. The van der Waals surface area contributed by atoms with Crippen LogP contribution in [0.1, 0.15) is 64.1 Å². The summed E-state index contributed by atoms with van der Waals surface area (Å²) < 4.78 is 2.24. The van der Waals surface area contributed by atoms with Gasteiger partial charge < -0.3 is 0 Å². The molecule has 0 amide bonds. The van der Waals surface area contributed by atoms with E-state index < -0.39 is 0 Å². The van der Waals surface area contributed by atoms with Gasteiger partial charge >= 0.3 is 0 Å². The van der Waals surface area contributed by atoms with E-state index in [4.69, 9.17) is 0 Å². The minimum Gasteiger partial charge on any atom is -0.244 e. The molecule has 96 valence electrons. The van der Waals surface area contributed by atoms with Gasteiger partial charge in [-0.1, -0.05) is 52.0 Å². The zero-order chi connectivity index (χ0) is 12.3. The molecule has 2 heteroatoms. The molecule has 0 spiro atoms. The molecule has 17 heavy (non-hydrogen) atoms. The highest BCUT2D eigenvalue weighted by Crippen LogP contribution is 2.08. The van der Waals surface area contributed by atoms with Crippen LogP contribution in [0.15, 0.2) is 19.0 Å². The Bertz CT molecular complexity index is 302. The van der Waals surface area contributed by atoms with Crippen molar-refractivity contribution in [3.05, 3.63) is 24.8 Å². The van der Waals surface area contributed by atoms with Crippen molar-refractivity contribution in [2.45, 2.75) is 64.8 Å². The van der Waals surface area contributed by atoms with Crippen molar-refractivity contribution in [1.82, 2.24) is 4.98 Å². The van der Waals surface area contributed by atoms with Crippen molar-refractivity contribution < 1.29 is 4.57 Å². The first-order chi connectivity index (χ1) is 8.38. The fraction of sp³-hybridized carbons (Fsp3) is 0.667. The van der Waals surface area contributed by atoms with Gasteiger partial charge in [-0.25, -0.2) is 9.55 Å². The van der Waals surface area contributed by atoms with E-state index in [1.165, 1.54) is 51.4 Å². The summed E-state index contributed by atoms with van der Waals surface area (Å²) >= 11 is 0. The Labute approximate surface area is 106 Å². The number of hydrogen-bond acceptors (Lipinski definition) is 0. The molecule has 1 heterocycles. The number of nitrogens with zero attached hydrogens (tertiary/aromatic N) is 1. The first-order valence-corrected chi connectivity index (χ1v) is 7.07. The second kappa shape index (κ2) is 9.03. The van der Waals surface area contributed by atoms with E-state index in [1.54, 1.807) is 0 Å². The van der Waals surface area contributed by atoms with E-state index in [9.17, 15) is 0 Å². The van der Waals surface area contributed by atoms with Gasteiger partial charge in [-0.3, -0.25) is 0 Å². The Balaban J connectivity index is 1.99. The fourth-order valence-corrected chi connectivity index (χ4v) is 2.16. The van der Waals surface area contributed by atoms with E-state index in [1.807, 2.05) is 12.3 Å². The van der Waals surface area contributed by atoms with Crippen LogP contribution in [-0.2, 0) is 6.54 Å². The maximum absolute atomic E-state index is 3.80. The van der Waals surface area contributed by atoms with Crippen LogP contribution in [-0.4, -0.2) is 4.98 Å². The molecule has 0 radical (unpaired) electrons. The topological polar surface area (TPSA) is 19.7 Å². The molecule has 0 aliphatic rings. The van der Waals surface area contributed by atoms with Crippen LogP contribution >= 0.6 is 0 Å². The van der Waals surface area contributed by atoms with Crippen molar-refractivity contribution in [3.63, 3.8) is 0 Å². The minimum absolute atomic E-state index is 1.11. The van der Waals surface area contributed by atoms with Crippen molar-refractivity contribution in [3.8, 4) is 0 Å². The predicted molar refractivity (Wildman–Crippen MR) is 73.7 cm³/mol. The second-order valence-electron chi connectivity index (χ2n) is 4.72. The van der Waals surface area contributed by atoms with Gasteiger partial charge in [0, 0.05) is 6.08 Å². The Morgan fingerprint density at radius 3 is 2.41 bits per heavy atom. The molecule has 0 saturated heterocycles. The van der Waals surface area contributed by atoms with Crippen LogP contribution in [0.3, 0.4) is 0 Å². The van der Waals surface area contributed by atoms with Gasteiger partial charge in [0.1, 0.15) is 12.4 Å². The van der Waals surface area contributed by atoms with Gasteiger partial charge in [-0.2, -0.15) is 0 Å². The first-order valence-electron chi connectivity index (χ1n) is 7.07. The second-order valence-corrected chi connectivity index (χ2v) is 4.72. The van der Waals surface area contributed by atoms with Gasteiger partial charge in [0.25, 0.3) is 5.82 Å². The zero-order valence-electron chi connectivity index (χ0n) is 11.3. The number of aryl methyl sites for hydroxylation is 1. The van der Waals surface area contributed by atoms with Gasteiger partial charge in [-0.15, -0.1) is 0 Å². The summed E-state index contributed by atoms with van der Waals surface area (Å²) in [5.41, 5.74) is 0. The maximum Gasteiger partial charge on any atom is 0.278 e. The molecule has 0 aromatic carbocycles. The summed E-state index contributed by atoms with van der Waals surface area (Å²) in [5.74, 6) is 1.12. The van der Waals surface area contributed by atoms with Crippen LogP contribution in [0.5, 0.6) is 0 Å². The van der Waals surface area contributed by atoms with Crippen molar-refractivity contribution in [2.75, 3.05) is 0 Å². The third-order valence-corrected chi connectivity index (χ3v) is 3.24. The van der Waals surface area contributed by atoms with Crippen LogP contribution in [0, 0.1) is 0 Å². The number of aromatic nitrogens is 2. The van der Waals surface area contributed by atoms with Crippen LogP contribution in [0.25, 0.3) is 6.08 Å². The predicted octanol–water partition coefficient (Wildman–Crippen LogP) is 4.09. The van der Waals surface area contributed by atoms with E-state index in [2.05, 4.69) is 29.3 Å². The number of aromatic amines is 1. The van der Waals surface area contributed by atoms with Crippen LogP contribution in [0.4, 0.5) is 0 Å². The van der Waals surface area contributed by atoms with Gasteiger partial charge in [-0.05, 0) is 12.8 Å². The lowest BCUT2D eigenvalue weighted by atomic mass is 10.1. The molecular weight excluding hydrogens is 208 g/mol. The van der Waals surface area contributed by atoms with E-state index in [0.717, 1.165) is 12.4 Å². The Hall–Kier alpha value is -1.05. The van der Waals surface area contributed by atoms with Crippen LogP contribution < -0.4 is 4.57 Å². The molecule has 0 aliphatic heterocycles. The SMILES string of the molecule is C=Cc1[nH]cc[n+]1CCCCCCCCCC. The largest absolute Gasteiger partial charge is 0.278 e. The molecule has 1 aromatic heterocycles. The fourth-order valence-electron chi connectivity index (χ4n) is 2.16. The average molecular weight is 235 g/mol. The number of nitrogens with one attached hydrogen (secondary N) is 1. The number of rotatable bonds is 10. The quantitative estimate of drug-likeness (QED) is 0.465. The number of H-pyrrole nitrogens is 1. The summed E-state index contributed by atoms with van der Waals surface area (Å²) in [6, 6.07) is 0. The van der Waals surface area contributed by atoms with Crippen molar-refractivity contribution in [2.24, 2.45) is 0 Å². The monoisotopic (exact) mass is 235 g/mol. The lowest BCUT2D eigenvalue weighted by Gasteiger charge is -2.01. The normalized spacial score (nSPS) is 10.6. The van der Waals surface area contributed by atoms with E-state index in [-0.39, 0.29) is 0 Å². The van der Waals surface area contributed by atoms with E-state index in [0.29, 0.717) is 0 Å². The lowest BCUT2D eigenvalue weighted by molar-refractivity contribution is -0.697. The Morgan fingerprint density at radius 1 is 1.12 bits per heavy atom. The summed E-state index contributed by atoms with van der Waals surface area (Å²) in [5, 5.41) is 0. The van der Waals surface area contributed by atoms with E-state index >= 15 is 0 Å². The third kappa shape index (κ3) is 5.71. The summed E-state index contributed by atoms with van der Waals surface area (Å²) in [4.78, 5) is 3.18. The Kier molecular flexibility index (Phi) is 7.44. The molecule has 0 bridgehead atoms. The first kappa shape index (κ1) is 14.0. The zero-order valence-corrected chi connectivity index (χ0v) is 11.3. The summed E-state index contributed by atoms with van der Waals surface area (Å²) in [7, 11) is 0. The molecular formula is C15H27N2+. The standard InChI is InChI=1S/C15H26N2/c1-3-5-6-7-8-9-10-11-13-17-14-12-16-15(17)4-2/h4,12,14H,2-3,5-11,13H2,1H3/p+1.